The number of ether oxygens (including phenoxy) is 3. The Hall–Kier alpha value is -1.59. The Balaban J connectivity index is 1.69. The van der Waals surface area contributed by atoms with Gasteiger partial charge in [0.2, 0.25) is 0 Å². The fourth-order valence-corrected chi connectivity index (χ4v) is 9.81. The van der Waals surface area contributed by atoms with E-state index in [0.717, 1.165) is 32.1 Å². The summed E-state index contributed by atoms with van der Waals surface area (Å²) >= 11 is 0. The highest BCUT2D eigenvalue weighted by atomic mass is 16.5. The quantitative estimate of drug-likeness (QED) is 0.289. The molecule has 0 spiro atoms. The molecule has 0 radical (unpaired) electrons. The third kappa shape index (κ3) is 5.20. The minimum atomic E-state index is -0.209. The molecule has 11 atom stereocenters. The van der Waals surface area contributed by atoms with Gasteiger partial charge in [-0.05, 0) is 92.8 Å². The highest BCUT2D eigenvalue weighted by Gasteiger charge is 2.67. The number of hydrogen-bond acceptors (Lipinski definition) is 6. The zero-order valence-corrected chi connectivity index (χ0v) is 24.2. The van der Waals surface area contributed by atoms with Crippen LogP contribution < -0.4 is 0 Å². The van der Waals surface area contributed by atoms with E-state index in [0.29, 0.717) is 48.5 Å². The summed E-state index contributed by atoms with van der Waals surface area (Å²) in [6.45, 7) is 14.7. The van der Waals surface area contributed by atoms with Crippen LogP contribution in [0.25, 0.3) is 0 Å². The van der Waals surface area contributed by atoms with Crippen molar-refractivity contribution in [2.45, 2.75) is 118 Å². The molecule has 0 amide bonds. The maximum absolute atomic E-state index is 12.4. The van der Waals surface area contributed by atoms with Crippen LogP contribution in [0.3, 0.4) is 0 Å². The standard InChI is InChI=1S/C31H50O6/c1-8-35-28(34)12-9-19(3)23-10-11-24-29-25(17-27(31(23,24)7)37-21(5)33)30(6)14-13-18(2)15-22(30)16-26(29)36-20(4)32/h18-19,22-27,29H,8-17H2,1-7H3/t18-,19-,22+,23-,24+,25+,26-,27-,29+,30+,31-/m1/s1. The third-order valence-electron chi connectivity index (χ3n) is 11.5. The lowest BCUT2D eigenvalue weighted by Gasteiger charge is -2.64. The first-order valence-corrected chi connectivity index (χ1v) is 14.9. The van der Waals surface area contributed by atoms with E-state index in [2.05, 4.69) is 27.7 Å². The Bertz CT molecular complexity index is 870. The number of esters is 3. The predicted molar refractivity (Wildman–Crippen MR) is 141 cm³/mol. The number of hydrogen-bond donors (Lipinski definition) is 0. The minimum absolute atomic E-state index is 0.0675. The van der Waals surface area contributed by atoms with Gasteiger partial charge in [0.1, 0.15) is 12.2 Å². The number of carbonyl (C=O) groups is 3. The van der Waals surface area contributed by atoms with Crippen molar-refractivity contribution >= 4 is 17.9 Å². The maximum atomic E-state index is 12.4. The zero-order chi connectivity index (χ0) is 27.1. The molecule has 0 bridgehead atoms. The number of fused-ring (bicyclic) bond motifs is 5. The molecule has 0 saturated heterocycles. The van der Waals surface area contributed by atoms with Gasteiger partial charge in [-0.2, -0.15) is 0 Å². The van der Waals surface area contributed by atoms with Gasteiger partial charge in [0.05, 0.1) is 6.61 Å². The SMILES string of the molecule is CCOC(=O)CC[C@@H](C)[C@H]1CC[C@H]2[C@@H]3[C@H](OC(C)=O)C[C@@H]4C[C@H](C)CC[C@]4(C)[C@H]3C[C@@H](OC(C)=O)[C@]12C. The van der Waals surface area contributed by atoms with Gasteiger partial charge in [-0.15, -0.1) is 0 Å². The Morgan fingerprint density at radius 3 is 2.30 bits per heavy atom. The normalized spacial score (nSPS) is 43.5. The molecule has 4 aliphatic rings. The average Bonchev–Trinajstić information content (AvgIpc) is 3.17. The van der Waals surface area contributed by atoms with Gasteiger partial charge < -0.3 is 14.2 Å². The second-order valence-corrected chi connectivity index (χ2v) is 13.5. The molecule has 4 rings (SSSR count). The van der Waals surface area contributed by atoms with Crippen molar-refractivity contribution in [3.8, 4) is 0 Å². The molecule has 37 heavy (non-hydrogen) atoms. The van der Waals surface area contributed by atoms with Crippen molar-refractivity contribution in [1.82, 2.24) is 0 Å². The van der Waals surface area contributed by atoms with Crippen LogP contribution in [0.15, 0.2) is 0 Å². The molecular formula is C31H50O6. The first-order chi connectivity index (χ1) is 17.4. The molecular weight excluding hydrogens is 468 g/mol. The molecule has 4 saturated carbocycles. The van der Waals surface area contributed by atoms with Crippen LogP contribution in [0, 0.1) is 52.3 Å². The lowest BCUT2D eigenvalue weighted by Crippen LogP contribution is -2.63. The van der Waals surface area contributed by atoms with Crippen molar-refractivity contribution in [3.63, 3.8) is 0 Å². The van der Waals surface area contributed by atoms with E-state index in [4.69, 9.17) is 14.2 Å². The lowest BCUT2D eigenvalue weighted by atomic mass is 9.42. The van der Waals surface area contributed by atoms with Gasteiger partial charge in [0.25, 0.3) is 0 Å². The smallest absolute Gasteiger partial charge is 0.305 e. The Morgan fingerprint density at radius 1 is 0.946 bits per heavy atom. The summed E-state index contributed by atoms with van der Waals surface area (Å²) < 4.78 is 17.6. The topological polar surface area (TPSA) is 78.9 Å². The molecule has 0 aliphatic heterocycles. The molecule has 0 unspecified atom stereocenters. The van der Waals surface area contributed by atoms with Crippen molar-refractivity contribution in [1.29, 1.82) is 0 Å². The summed E-state index contributed by atoms with van der Waals surface area (Å²) in [6.07, 6.45) is 8.50. The van der Waals surface area contributed by atoms with Gasteiger partial charge in [-0.1, -0.05) is 34.1 Å². The van der Waals surface area contributed by atoms with Crippen LogP contribution in [-0.4, -0.2) is 36.7 Å². The van der Waals surface area contributed by atoms with Crippen LogP contribution in [0.5, 0.6) is 0 Å². The van der Waals surface area contributed by atoms with Gasteiger partial charge in [0, 0.05) is 31.6 Å². The Kier molecular flexibility index (Phi) is 8.36. The van der Waals surface area contributed by atoms with E-state index in [-0.39, 0.29) is 46.9 Å². The molecule has 210 valence electrons. The summed E-state index contributed by atoms with van der Waals surface area (Å²) in [5.74, 6) is 2.34. The van der Waals surface area contributed by atoms with Gasteiger partial charge in [0.15, 0.2) is 0 Å². The van der Waals surface area contributed by atoms with E-state index in [9.17, 15) is 14.4 Å². The summed E-state index contributed by atoms with van der Waals surface area (Å²) in [5.41, 5.74) is -0.0222. The van der Waals surface area contributed by atoms with Gasteiger partial charge in [-0.3, -0.25) is 14.4 Å². The second kappa shape index (κ2) is 10.9. The maximum Gasteiger partial charge on any atom is 0.305 e. The van der Waals surface area contributed by atoms with E-state index in [1.54, 1.807) is 6.92 Å². The molecule has 0 aromatic heterocycles. The molecule has 6 nitrogen and oxygen atoms in total. The summed E-state index contributed by atoms with van der Waals surface area (Å²) in [4.78, 5) is 36.9. The van der Waals surface area contributed by atoms with Crippen LogP contribution in [0.4, 0.5) is 0 Å². The van der Waals surface area contributed by atoms with Gasteiger partial charge in [-0.25, -0.2) is 0 Å². The first kappa shape index (κ1) is 28.4. The van der Waals surface area contributed by atoms with E-state index >= 15 is 0 Å². The first-order valence-electron chi connectivity index (χ1n) is 14.9. The van der Waals surface area contributed by atoms with Crippen LogP contribution >= 0.6 is 0 Å². The van der Waals surface area contributed by atoms with Crippen LogP contribution in [0.1, 0.15) is 106 Å². The zero-order valence-electron chi connectivity index (χ0n) is 24.2. The molecule has 0 N–H and O–H groups in total. The monoisotopic (exact) mass is 518 g/mol. The lowest BCUT2D eigenvalue weighted by molar-refractivity contribution is -0.221. The van der Waals surface area contributed by atoms with Crippen molar-refractivity contribution < 1.29 is 28.6 Å². The summed E-state index contributed by atoms with van der Waals surface area (Å²) in [6, 6.07) is 0. The van der Waals surface area contributed by atoms with E-state index in [1.807, 2.05) is 6.92 Å². The Labute approximate surface area is 223 Å². The fraction of sp³-hybridized carbons (Fsp3) is 0.903. The summed E-state index contributed by atoms with van der Waals surface area (Å²) in [5, 5.41) is 0. The highest BCUT2D eigenvalue weighted by molar-refractivity contribution is 5.69. The fourth-order valence-electron chi connectivity index (χ4n) is 9.81. The summed E-state index contributed by atoms with van der Waals surface area (Å²) in [7, 11) is 0. The molecule has 4 fully saturated rings. The third-order valence-corrected chi connectivity index (χ3v) is 11.5. The molecule has 4 aliphatic carbocycles. The molecule has 0 aromatic rings. The number of rotatable bonds is 7. The number of carbonyl (C=O) groups excluding carboxylic acids is 3. The predicted octanol–water partition coefficient (Wildman–Crippen LogP) is 6.34. The van der Waals surface area contributed by atoms with E-state index < -0.39 is 0 Å². The van der Waals surface area contributed by atoms with Crippen LogP contribution in [0.2, 0.25) is 0 Å². The largest absolute Gasteiger partial charge is 0.466 e. The van der Waals surface area contributed by atoms with E-state index in [1.165, 1.54) is 26.2 Å². The average molecular weight is 519 g/mol. The van der Waals surface area contributed by atoms with Crippen molar-refractivity contribution in [2.75, 3.05) is 6.61 Å². The molecule has 0 aromatic carbocycles. The van der Waals surface area contributed by atoms with Crippen molar-refractivity contribution in [3.05, 3.63) is 0 Å². The minimum Gasteiger partial charge on any atom is -0.466 e. The van der Waals surface area contributed by atoms with Crippen molar-refractivity contribution in [2.24, 2.45) is 52.3 Å². The second-order valence-electron chi connectivity index (χ2n) is 13.5. The Morgan fingerprint density at radius 2 is 1.65 bits per heavy atom. The molecule has 0 heterocycles. The van der Waals surface area contributed by atoms with Crippen LogP contribution in [-0.2, 0) is 28.6 Å². The van der Waals surface area contributed by atoms with Gasteiger partial charge >= 0.3 is 17.9 Å². The highest BCUT2D eigenvalue weighted by Crippen LogP contribution is 2.69. The molecule has 6 heteroatoms.